The maximum atomic E-state index is 12.2. The van der Waals surface area contributed by atoms with Gasteiger partial charge in [0.1, 0.15) is 12.6 Å². The van der Waals surface area contributed by atoms with Gasteiger partial charge in [0.25, 0.3) is 5.91 Å². The zero-order chi connectivity index (χ0) is 18.4. The Balaban J connectivity index is 2.02. The Labute approximate surface area is 144 Å². The van der Waals surface area contributed by atoms with Crippen LogP contribution in [-0.4, -0.2) is 62.9 Å². The average Bonchev–Trinajstić information content (AvgIpc) is 3.03. The summed E-state index contributed by atoms with van der Waals surface area (Å²) in [6.07, 6.45) is 1.45. The Morgan fingerprint density at radius 1 is 1.24 bits per heavy atom. The molecule has 1 heterocycles. The molecule has 2 amide bonds. The van der Waals surface area contributed by atoms with Crippen molar-refractivity contribution in [1.29, 1.82) is 0 Å². The molecular formula is C16H19N5O4. The van der Waals surface area contributed by atoms with Crippen LogP contribution in [0.2, 0.25) is 0 Å². The molecule has 2 N–H and O–H groups in total. The molecule has 0 bridgehead atoms. The second-order valence-corrected chi connectivity index (χ2v) is 5.64. The molecule has 132 valence electrons. The fraction of sp³-hybridized carbons (Fsp3) is 0.312. The first-order valence-corrected chi connectivity index (χ1v) is 7.54. The van der Waals surface area contributed by atoms with Gasteiger partial charge in [-0.05, 0) is 5.56 Å². The minimum Gasteiger partial charge on any atom is -0.480 e. The van der Waals surface area contributed by atoms with Crippen molar-refractivity contribution in [2.24, 2.45) is 0 Å². The fourth-order valence-electron chi connectivity index (χ4n) is 2.04. The summed E-state index contributed by atoms with van der Waals surface area (Å²) in [5.74, 6) is -2.01. The molecular weight excluding hydrogens is 326 g/mol. The molecule has 0 aliphatic carbocycles. The van der Waals surface area contributed by atoms with Crippen molar-refractivity contribution in [3.8, 4) is 0 Å². The van der Waals surface area contributed by atoms with Crippen LogP contribution in [-0.2, 0) is 22.6 Å². The van der Waals surface area contributed by atoms with E-state index in [2.05, 4.69) is 15.6 Å². The van der Waals surface area contributed by atoms with Gasteiger partial charge in [-0.1, -0.05) is 35.5 Å². The molecule has 1 aromatic carbocycles. The lowest BCUT2D eigenvalue weighted by Crippen LogP contribution is -2.42. The van der Waals surface area contributed by atoms with Crippen LogP contribution in [0.25, 0.3) is 0 Å². The number of hydrogen-bond acceptors (Lipinski definition) is 5. The van der Waals surface area contributed by atoms with Gasteiger partial charge in [0.15, 0.2) is 5.69 Å². The molecule has 9 heteroatoms. The number of likely N-dealkylation sites (N-methyl/N-ethyl adjacent to an activating group) is 1. The van der Waals surface area contributed by atoms with Crippen molar-refractivity contribution >= 4 is 17.8 Å². The highest BCUT2D eigenvalue weighted by Crippen LogP contribution is 2.05. The Hall–Kier alpha value is -3.23. The van der Waals surface area contributed by atoms with E-state index in [0.717, 1.165) is 5.56 Å². The molecule has 0 radical (unpaired) electrons. The van der Waals surface area contributed by atoms with Gasteiger partial charge in [-0.15, -0.1) is 5.10 Å². The number of benzene rings is 1. The minimum atomic E-state index is -1.15. The minimum absolute atomic E-state index is 0.0501. The molecule has 0 aliphatic heterocycles. The first-order chi connectivity index (χ1) is 11.9. The number of carbonyl (C=O) groups excluding carboxylic acids is 2. The van der Waals surface area contributed by atoms with E-state index < -0.39 is 17.9 Å². The van der Waals surface area contributed by atoms with E-state index in [9.17, 15) is 19.5 Å². The quantitative estimate of drug-likeness (QED) is 0.717. The van der Waals surface area contributed by atoms with E-state index in [1.165, 1.54) is 15.8 Å². The summed E-state index contributed by atoms with van der Waals surface area (Å²) in [7, 11) is 3.21. The monoisotopic (exact) mass is 345 g/mol. The smallest absolute Gasteiger partial charge is 0.326 e. The largest absolute Gasteiger partial charge is 0.480 e. The highest BCUT2D eigenvalue weighted by molar-refractivity contribution is 5.94. The number of carbonyl (C=O) groups is 3. The molecule has 1 atom stereocenters. The van der Waals surface area contributed by atoms with Crippen LogP contribution < -0.4 is 5.32 Å². The number of amides is 2. The van der Waals surface area contributed by atoms with Crippen molar-refractivity contribution in [2.75, 3.05) is 14.1 Å². The van der Waals surface area contributed by atoms with E-state index in [1.54, 1.807) is 38.4 Å². The zero-order valence-corrected chi connectivity index (χ0v) is 13.9. The van der Waals surface area contributed by atoms with Gasteiger partial charge in [0.05, 0.1) is 6.20 Å². The van der Waals surface area contributed by atoms with Crippen LogP contribution in [0.1, 0.15) is 16.1 Å². The van der Waals surface area contributed by atoms with Gasteiger partial charge in [0.2, 0.25) is 5.91 Å². The first-order valence-electron chi connectivity index (χ1n) is 7.54. The maximum Gasteiger partial charge on any atom is 0.326 e. The highest BCUT2D eigenvalue weighted by Gasteiger charge is 2.23. The molecule has 0 saturated heterocycles. The van der Waals surface area contributed by atoms with E-state index in [0.29, 0.717) is 0 Å². The number of rotatable bonds is 7. The summed E-state index contributed by atoms with van der Waals surface area (Å²) in [6, 6.07) is 7.89. The van der Waals surface area contributed by atoms with Crippen LogP contribution >= 0.6 is 0 Å². The zero-order valence-electron chi connectivity index (χ0n) is 13.9. The normalized spacial score (nSPS) is 11.6. The first kappa shape index (κ1) is 18.1. The summed E-state index contributed by atoms with van der Waals surface area (Å²) in [5, 5.41) is 19.1. The van der Waals surface area contributed by atoms with E-state index in [4.69, 9.17) is 0 Å². The Bertz CT molecular complexity index is 757. The predicted octanol–water partition coefficient (Wildman–Crippen LogP) is -0.208. The van der Waals surface area contributed by atoms with Crippen molar-refractivity contribution in [1.82, 2.24) is 25.2 Å². The van der Waals surface area contributed by atoms with E-state index in [1.807, 2.05) is 6.07 Å². The van der Waals surface area contributed by atoms with Crippen LogP contribution in [0.5, 0.6) is 0 Å². The lowest BCUT2D eigenvalue weighted by Gasteiger charge is -2.13. The molecule has 9 nitrogen and oxygen atoms in total. The molecule has 0 fully saturated rings. The number of hydrogen-bond donors (Lipinski definition) is 2. The summed E-state index contributed by atoms with van der Waals surface area (Å²) in [4.78, 5) is 36.6. The third-order valence-corrected chi connectivity index (χ3v) is 3.45. The SMILES string of the molecule is CN(C)C(=O)Cn1cc(C(=O)NC(Cc2ccccc2)C(=O)O)nn1. The highest BCUT2D eigenvalue weighted by atomic mass is 16.4. The Morgan fingerprint density at radius 3 is 2.52 bits per heavy atom. The van der Waals surface area contributed by atoms with Crippen LogP contribution in [0.15, 0.2) is 36.5 Å². The maximum absolute atomic E-state index is 12.2. The third-order valence-electron chi connectivity index (χ3n) is 3.45. The molecule has 1 aromatic heterocycles. The lowest BCUT2D eigenvalue weighted by molar-refractivity contribution is -0.139. The number of nitrogens with zero attached hydrogens (tertiary/aromatic N) is 4. The van der Waals surface area contributed by atoms with Gasteiger partial charge < -0.3 is 15.3 Å². The van der Waals surface area contributed by atoms with Crippen molar-refractivity contribution in [2.45, 2.75) is 19.0 Å². The number of carboxylic acids is 1. The average molecular weight is 345 g/mol. The van der Waals surface area contributed by atoms with E-state index in [-0.39, 0.29) is 24.6 Å². The van der Waals surface area contributed by atoms with Gasteiger partial charge in [-0.2, -0.15) is 0 Å². The lowest BCUT2D eigenvalue weighted by atomic mass is 10.1. The van der Waals surface area contributed by atoms with Crippen LogP contribution in [0.4, 0.5) is 0 Å². The summed E-state index contributed by atoms with van der Waals surface area (Å²) >= 11 is 0. The Kier molecular flexibility index (Phi) is 5.83. The van der Waals surface area contributed by atoms with Crippen molar-refractivity contribution in [3.63, 3.8) is 0 Å². The topological polar surface area (TPSA) is 117 Å². The molecule has 0 saturated carbocycles. The molecule has 0 aliphatic rings. The third kappa shape index (κ3) is 5.13. The molecule has 25 heavy (non-hydrogen) atoms. The standard InChI is InChI=1S/C16H19N5O4/c1-20(2)14(22)10-21-9-13(18-19-21)15(23)17-12(16(24)25)8-11-6-4-3-5-7-11/h3-7,9,12H,8,10H2,1-2H3,(H,17,23)(H,24,25). The van der Waals surface area contributed by atoms with Gasteiger partial charge in [-0.25, -0.2) is 9.48 Å². The second-order valence-electron chi connectivity index (χ2n) is 5.64. The second kappa shape index (κ2) is 8.04. The van der Waals surface area contributed by atoms with Crippen molar-refractivity contribution in [3.05, 3.63) is 47.8 Å². The molecule has 1 unspecified atom stereocenters. The summed E-state index contributed by atoms with van der Waals surface area (Å²) < 4.78 is 1.23. The molecule has 2 rings (SSSR count). The summed E-state index contributed by atoms with van der Waals surface area (Å²) in [5.41, 5.74) is 0.737. The predicted molar refractivity (Wildman–Crippen MR) is 87.8 cm³/mol. The van der Waals surface area contributed by atoms with Gasteiger partial charge in [0, 0.05) is 20.5 Å². The van der Waals surface area contributed by atoms with Crippen molar-refractivity contribution < 1.29 is 19.5 Å². The summed E-state index contributed by atoms with van der Waals surface area (Å²) in [6.45, 7) is -0.0559. The Morgan fingerprint density at radius 2 is 1.92 bits per heavy atom. The number of aliphatic carboxylic acids is 1. The number of nitrogens with one attached hydrogen (secondary N) is 1. The van der Waals surface area contributed by atoms with E-state index >= 15 is 0 Å². The van der Waals surface area contributed by atoms with Gasteiger partial charge >= 0.3 is 5.97 Å². The number of aromatic nitrogens is 3. The fourth-order valence-corrected chi connectivity index (χ4v) is 2.04. The molecule has 0 spiro atoms. The van der Waals surface area contributed by atoms with Crippen LogP contribution in [0.3, 0.4) is 0 Å². The van der Waals surface area contributed by atoms with Crippen LogP contribution in [0, 0.1) is 0 Å². The number of carboxylic acid groups (broad SMARTS) is 1. The van der Waals surface area contributed by atoms with Gasteiger partial charge in [-0.3, -0.25) is 9.59 Å². The molecule has 2 aromatic rings.